The normalized spacial score (nSPS) is 11.1. The number of amides is 1. The molecule has 5 aromatic rings. The van der Waals surface area contributed by atoms with Gasteiger partial charge in [0.2, 0.25) is 5.89 Å². The second-order valence-electron chi connectivity index (χ2n) is 7.29. The van der Waals surface area contributed by atoms with Crippen LogP contribution in [0.1, 0.15) is 16.1 Å². The highest BCUT2D eigenvalue weighted by Gasteiger charge is 2.16. The molecule has 0 spiro atoms. The standard InChI is InChI=1S/C25H16Cl2N2O3/c1-14-5-7-15(8-6-14)25-29-19-13-16(9-10-21(19)32-25)28-24(30)22-12-11-20(31-22)17-3-2-4-18(26)23(17)27/h2-13H,1H3,(H,28,30). The zero-order valence-electron chi connectivity index (χ0n) is 16.9. The molecule has 0 fully saturated rings. The van der Waals surface area contributed by atoms with E-state index >= 15 is 0 Å². The molecule has 0 aliphatic heterocycles. The number of hydrogen-bond donors (Lipinski definition) is 1. The summed E-state index contributed by atoms with van der Waals surface area (Å²) in [5.41, 5.74) is 4.52. The van der Waals surface area contributed by atoms with Crippen molar-refractivity contribution in [1.29, 1.82) is 0 Å². The Hall–Kier alpha value is -3.54. The van der Waals surface area contributed by atoms with Crippen molar-refractivity contribution in [3.63, 3.8) is 0 Å². The number of carbonyl (C=O) groups is 1. The minimum Gasteiger partial charge on any atom is -0.451 e. The van der Waals surface area contributed by atoms with E-state index in [4.69, 9.17) is 32.0 Å². The SMILES string of the molecule is Cc1ccc(-c2nc3cc(NC(=O)c4ccc(-c5cccc(Cl)c5Cl)o4)ccc3o2)cc1. The van der Waals surface area contributed by atoms with Crippen molar-refractivity contribution in [3.8, 4) is 22.8 Å². The third kappa shape index (κ3) is 3.88. The molecule has 0 atom stereocenters. The molecule has 0 saturated heterocycles. The van der Waals surface area contributed by atoms with Gasteiger partial charge in [0.25, 0.3) is 5.91 Å². The molecule has 2 heterocycles. The molecular formula is C25H16Cl2N2O3. The number of benzene rings is 3. The van der Waals surface area contributed by atoms with Crippen LogP contribution in [0.15, 0.2) is 81.6 Å². The van der Waals surface area contributed by atoms with E-state index in [2.05, 4.69) is 10.3 Å². The second-order valence-corrected chi connectivity index (χ2v) is 8.07. The van der Waals surface area contributed by atoms with E-state index < -0.39 is 5.91 Å². The van der Waals surface area contributed by atoms with E-state index in [1.165, 1.54) is 0 Å². The van der Waals surface area contributed by atoms with Crippen molar-refractivity contribution in [1.82, 2.24) is 4.98 Å². The van der Waals surface area contributed by atoms with Gasteiger partial charge in [-0.05, 0) is 61.5 Å². The Bertz CT molecular complexity index is 1450. The Balaban J connectivity index is 1.37. The first kappa shape index (κ1) is 20.4. The third-order valence-corrected chi connectivity index (χ3v) is 5.81. The fourth-order valence-electron chi connectivity index (χ4n) is 3.32. The largest absolute Gasteiger partial charge is 0.451 e. The van der Waals surface area contributed by atoms with Crippen LogP contribution >= 0.6 is 23.2 Å². The van der Waals surface area contributed by atoms with Gasteiger partial charge in [0.1, 0.15) is 11.3 Å². The van der Waals surface area contributed by atoms with Crippen LogP contribution in [0.3, 0.4) is 0 Å². The fraction of sp³-hybridized carbons (Fsp3) is 0.0400. The molecule has 2 aromatic heterocycles. The lowest BCUT2D eigenvalue weighted by molar-refractivity contribution is 0.0997. The highest BCUT2D eigenvalue weighted by molar-refractivity contribution is 6.43. The second kappa shape index (κ2) is 8.19. The predicted octanol–water partition coefficient (Wildman–Crippen LogP) is 7.62. The van der Waals surface area contributed by atoms with Crippen LogP contribution in [0, 0.1) is 6.92 Å². The lowest BCUT2D eigenvalue weighted by Crippen LogP contribution is -2.10. The number of furan rings is 1. The van der Waals surface area contributed by atoms with E-state index in [9.17, 15) is 4.79 Å². The van der Waals surface area contributed by atoms with Gasteiger partial charge in [0.05, 0.1) is 10.0 Å². The van der Waals surface area contributed by atoms with Crippen molar-refractivity contribution in [2.24, 2.45) is 0 Å². The first-order chi connectivity index (χ1) is 15.5. The quantitative estimate of drug-likeness (QED) is 0.298. The summed E-state index contributed by atoms with van der Waals surface area (Å²) in [6, 6.07) is 21.7. The summed E-state index contributed by atoms with van der Waals surface area (Å²) in [7, 11) is 0. The summed E-state index contributed by atoms with van der Waals surface area (Å²) >= 11 is 12.3. The first-order valence-electron chi connectivity index (χ1n) is 9.81. The van der Waals surface area contributed by atoms with Gasteiger partial charge in [-0.25, -0.2) is 4.98 Å². The topological polar surface area (TPSA) is 68.3 Å². The summed E-state index contributed by atoms with van der Waals surface area (Å²) < 4.78 is 11.6. The molecule has 5 rings (SSSR count). The van der Waals surface area contributed by atoms with Crippen LogP contribution in [0.5, 0.6) is 0 Å². The Kier molecular flexibility index (Phi) is 5.21. The van der Waals surface area contributed by atoms with Crippen molar-refractivity contribution in [2.75, 3.05) is 5.32 Å². The molecule has 158 valence electrons. The summed E-state index contributed by atoms with van der Waals surface area (Å²) in [5.74, 6) is 0.738. The molecule has 5 nitrogen and oxygen atoms in total. The summed E-state index contributed by atoms with van der Waals surface area (Å²) in [5, 5.41) is 3.61. The average molecular weight is 463 g/mol. The molecule has 0 aliphatic rings. The molecule has 0 bridgehead atoms. The number of carbonyl (C=O) groups excluding carboxylic acids is 1. The van der Waals surface area contributed by atoms with Crippen molar-refractivity contribution in [2.45, 2.75) is 6.92 Å². The molecule has 0 unspecified atom stereocenters. The number of aromatic nitrogens is 1. The number of nitrogens with one attached hydrogen (secondary N) is 1. The predicted molar refractivity (Wildman–Crippen MR) is 126 cm³/mol. The van der Waals surface area contributed by atoms with E-state index in [1.54, 1.807) is 48.5 Å². The summed E-state index contributed by atoms with van der Waals surface area (Å²) in [6.07, 6.45) is 0. The molecule has 32 heavy (non-hydrogen) atoms. The fourth-order valence-corrected chi connectivity index (χ4v) is 3.71. The van der Waals surface area contributed by atoms with Gasteiger partial charge in [-0.2, -0.15) is 0 Å². The van der Waals surface area contributed by atoms with Gasteiger partial charge in [0.15, 0.2) is 11.3 Å². The van der Waals surface area contributed by atoms with Gasteiger partial charge in [-0.1, -0.05) is 47.0 Å². The molecule has 1 N–H and O–H groups in total. The molecular weight excluding hydrogens is 447 g/mol. The van der Waals surface area contributed by atoms with Gasteiger partial charge in [0, 0.05) is 16.8 Å². The Morgan fingerprint density at radius 1 is 0.938 bits per heavy atom. The number of nitrogens with zero attached hydrogens (tertiary/aromatic N) is 1. The zero-order valence-corrected chi connectivity index (χ0v) is 18.4. The number of anilines is 1. The smallest absolute Gasteiger partial charge is 0.291 e. The van der Waals surface area contributed by atoms with Gasteiger partial charge in [-0.15, -0.1) is 0 Å². The van der Waals surface area contributed by atoms with E-state index in [1.807, 2.05) is 31.2 Å². The molecule has 3 aromatic carbocycles. The Morgan fingerprint density at radius 3 is 2.56 bits per heavy atom. The van der Waals surface area contributed by atoms with Crippen molar-refractivity contribution in [3.05, 3.63) is 94.2 Å². The highest BCUT2D eigenvalue weighted by atomic mass is 35.5. The minimum absolute atomic E-state index is 0.150. The first-order valence-corrected chi connectivity index (χ1v) is 10.6. The molecule has 0 radical (unpaired) electrons. The number of halogens is 2. The average Bonchev–Trinajstić information content (AvgIpc) is 3.43. The molecule has 0 aliphatic carbocycles. The number of aryl methyl sites for hydroxylation is 1. The zero-order chi connectivity index (χ0) is 22.2. The van der Waals surface area contributed by atoms with Crippen LogP contribution in [0.25, 0.3) is 33.9 Å². The van der Waals surface area contributed by atoms with Crippen molar-refractivity contribution < 1.29 is 13.6 Å². The monoisotopic (exact) mass is 462 g/mol. The maximum Gasteiger partial charge on any atom is 0.291 e. The highest BCUT2D eigenvalue weighted by Crippen LogP contribution is 2.34. The molecule has 1 amide bonds. The van der Waals surface area contributed by atoms with Gasteiger partial charge < -0.3 is 14.2 Å². The number of fused-ring (bicyclic) bond motifs is 1. The van der Waals surface area contributed by atoms with Crippen LogP contribution in [0.2, 0.25) is 10.0 Å². The molecule has 0 saturated carbocycles. The lowest BCUT2D eigenvalue weighted by Gasteiger charge is -2.04. The summed E-state index contributed by atoms with van der Waals surface area (Å²) in [4.78, 5) is 17.2. The Labute approximate surface area is 193 Å². The maximum absolute atomic E-state index is 12.7. The van der Waals surface area contributed by atoms with Gasteiger partial charge in [-0.3, -0.25) is 4.79 Å². The lowest BCUT2D eigenvalue weighted by atomic mass is 10.1. The van der Waals surface area contributed by atoms with E-state index in [0.717, 1.165) is 11.1 Å². The van der Waals surface area contributed by atoms with Crippen LogP contribution in [0.4, 0.5) is 5.69 Å². The summed E-state index contributed by atoms with van der Waals surface area (Å²) in [6.45, 7) is 2.02. The minimum atomic E-state index is -0.393. The number of rotatable bonds is 4. The van der Waals surface area contributed by atoms with Crippen LogP contribution < -0.4 is 5.32 Å². The van der Waals surface area contributed by atoms with E-state index in [-0.39, 0.29) is 5.76 Å². The van der Waals surface area contributed by atoms with E-state index in [0.29, 0.717) is 44.0 Å². The third-order valence-electron chi connectivity index (χ3n) is 4.99. The van der Waals surface area contributed by atoms with Crippen molar-refractivity contribution >= 4 is 45.9 Å². The number of oxazole rings is 1. The van der Waals surface area contributed by atoms with Gasteiger partial charge >= 0.3 is 0 Å². The van der Waals surface area contributed by atoms with Crippen LogP contribution in [-0.2, 0) is 0 Å². The van der Waals surface area contributed by atoms with Crippen LogP contribution in [-0.4, -0.2) is 10.9 Å². The Morgan fingerprint density at radius 2 is 1.75 bits per heavy atom. The maximum atomic E-state index is 12.7. The number of hydrogen-bond acceptors (Lipinski definition) is 4. The molecule has 7 heteroatoms.